The number of nitrogens with one attached hydrogen (secondary N) is 1. The Hall–Kier alpha value is -1.01. The number of hydrogen-bond acceptors (Lipinski definition) is 2. The molecule has 2 N–H and O–H groups in total. The van der Waals surface area contributed by atoms with E-state index in [0.29, 0.717) is 6.42 Å². The molecule has 0 heterocycles. The molecule has 0 aromatic carbocycles. The smallest absolute Gasteiger partial charge is 0.249 e. The Balaban J connectivity index is 3.27. The molecule has 0 aliphatic rings. The molecule has 0 rings (SSSR count). The van der Waals surface area contributed by atoms with Crippen LogP contribution in [0.15, 0.2) is 0 Å². The Labute approximate surface area is 124 Å². The van der Waals surface area contributed by atoms with Gasteiger partial charge in [-0.05, 0) is 6.42 Å². The predicted molar refractivity (Wildman–Crippen MR) is 84.3 cm³/mol. The number of hydrogen-bond donors (Lipinski definition) is 2. The van der Waals surface area contributed by atoms with Crippen molar-refractivity contribution in [1.82, 2.24) is 5.32 Å². The van der Waals surface area contributed by atoms with E-state index in [2.05, 4.69) is 18.2 Å². The monoisotopic (exact) mass is 281 g/mol. The maximum atomic E-state index is 11.3. The lowest BCUT2D eigenvalue weighted by Crippen LogP contribution is -2.34. The highest BCUT2D eigenvalue weighted by Gasteiger charge is 2.12. The topological polar surface area (TPSA) is 49.3 Å². The van der Waals surface area contributed by atoms with Gasteiger partial charge < -0.3 is 10.4 Å². The summed E-state index contributed by atoms with van der Waals surface area (Å²) in [7, 11) is 0. The van der Waals surface area contributed by atoms with Crippen molar-refractivity contribution in [3.05, 3.63) is 0 Å². The summed E-state index contributed by atoms with van der Waals surface area (Å²) < 4.78 is 0. The summed E-state index contributed by atoms with van der Waals surface area (Å²) in [6.45, 7) is 2.43. The minimum absolute atomic E-state index is 0.188. The van der Waals surface area contributed by atoms with Gasteiger partial charge in [0.1, 0.15) is 6.10 Å². The van der Waals surface area contributed by atoms with E-state index < -0.39 is 6.10 Å². The van der Waals surface area contributed by atoms with Crippen molar-refractivity contribution >= 4 is 5.91 Å². The van der Waals surface area contributed by atoms with Crippen LogP contribution in [0.2, 0.25) is 0 Å². The van der Waals surface area contributed by atoms with E-state index in [1.165, 1.54) is 51.4 Å². The lowest BCUT2D eigenvalue weighted by molar-refractivity contribution is -0.129. The van der Waals surface area contributed by atoms with Crippen LogP contribution in [0.3, 0.4) is 0 Å². The fraction of sp³-hybridized carbons (Fsp3) is 0.824. The zero-order valence-corrected chi connectivity index (χ0v) is 13.0. The van der Waals surface area contributed by atoms with E-state index in [0.717, 1.165) is 12.8 Å². The van der Waals surface area contributed by atoms with Gasteiger partial charge in [-0.15, -0.1) is 6.42 Å². The van der Waals surface area contributed by atoms with Crippen molar-refractivity contribution in [3.8, 4) is 12.3 Å². The number of aliphatic hydroxyl groups is 1. The van der Waals surface area contributed by atoms with Crippen LogP contribution >= 0.6 is 0 Å². The van der Waals surface area contributed by atoms with E-state index in [-0.39, 0.29) is 12.5 Å². The summed E-state index contributed by atoms with van der Waals surface area (Å²) in [5, 5.41) is 12.1. The molecule has 20 heavy (non-hydrogen) atoms. The largest absolute Gasteiger partial charge is 0.383 e. The van der Waals surface area contributed by atoms with Crippen LogP contribution < -0.4 is 5.32 Å². The zero-order valence-electron chi connectivity index (χ0n) is 13.0. The fourth-order valence-electron chi connectivity index (χ4n) is 2.21. The number of carbonyl (C=O) groups is 1. The number of carbonyl (C=O) groups excluding carboxylic acids is 1. The van der Waals surface area contributed by atoms with Crippen LogP contribution in [0.4, 0.5) is 0 Å². The Morgan fingerprint density at radius 3 is 2.05 bits per heavy atom. The van der Waals surface area contributed by atoms with E-state index in [4.69, 9.17) is 6.42 Å². The molecular formula is C17H31NO2. The summed E-state index contributed by atoms with van der Waals surface area (Å²) in [4.78, 5) is 11.3. The van der Waals surface area contributed by atoms with Crippen molar-refractivity contribution < 1.29 is 9.90 Å². The first-order chi connectivity index (χ1) is 9.72. The van der Waals surface area contributed by atoms with Crippen molar-refractivity contribution in [2.75, 3.05) is 6.54 Å². The maximum Gasteiger partial charge on any atom is 0.249 e. The van der Waals surface area contributed by atoms with Crippen LogP contribution in [-0.2, 0) is 4.79 Å². The normalized spacial score (nSPS) is 11.8. The van der Waals surface area contributed by atoms with E-state index in [1.54, 1.807) is 0 Å². The molecule has 0 fully saturated rings. The Morgan fingerprint density at radius 1 is 1.05 bits per heavy atom. The quantitative estimate of drug-likeness (QED) is 0.401. The zero-order chi connectivity index (χ0) is 15.1. The van der Waals surface area contributed by atoms with Gasteiger partial charge in [-0.2, -0.15) is 0 Å². The average Bonchev–Trinajstić information content (AvgIpc) is 2.46. The first-order valence-corrected chi connectivity index (χ1v) is 8.11. The number of rotatable bonds is 13. The van der Waals surface area contributed by atoms with E-state index in [9.17, 15) is 9.90 Å². The third-order valence-electron chi connectivity index (χ3n) is 3.50. The second-order valence-corrected chi connectivity index (χ2v) is 5.41. The van der Waals surface area contributed by atoms with Crippen LogP contribution in [0.25, 0.3) is 0 Å². The maximum absolute atomic E-state index is 11.3. The number of terminal acetylenes is 1. The van der Waals surface area contributed by atoms with Crippen molar-refractivity contribution in [2.24, 2.45) is 0 Å². The van der Waals surface area contributed by atoms with E-state index >= 15 is 0 Å². The molecule has 0 aliphatic carbocycles. The third kappa shape index (κ3) is 12.0. The van der Waals surface area contributed by atoms with Gasteiger partial charge >= 0.3 is 0 Å². The highest BCUT2D eigenvalue weighted by Crippen LogP contribution is 2.12. The lowest BCUT2D eigenvalue weighted by Gasteiger charge is -2.09. The molecule has 0 unspecified atom stereocenters. The highest BCUT2D eigenvalue weighted by molar-refractivity contribution is 5.80. The van der Waals surface area contributed by atoms with Gasteiger partial charge in [0, 0.05) is 0 Å². The summed E-state index contributed by atoms with van der Waals surface area (Å²) >= 11 is 0. The second kappa shape index (κ2) is 14.4. The molecule has 3 nitrogen and oxygen atoms in total. The first kappa shape index (κ1) is 19.0. The van der Waals surface area contributed by atoms with Crippen molar-refractivity contribution in [3.63, 3.8) is 0 Å². The second-order valence-electron chi connectivity index (χ2n) is 5.41. The Bertz CT molecular complexity index is 271. The molecule has 1 amide bonds. The van der Waals surface area contributed by atoms with Crippen molar-refractivity contribution in [2.45, 2.75) is 83.7 Å². The van der Waals surface area contributed by atoms with Gasteiger partial charge in [0.15, 0.2) is 0 Å². The van der Waals surface area contributed by atoms with Crippen LogP contribution in [0.1, 0.15) is 77.6 Å². The molecule has 0 radical (unpaired) electrons. The Morgan fingerprint density at radius 2 is 1.55 bits per heavy atom. The molecule has 0 saturated heterocycles. The molecule has 0 spiro atoms. The van der Waals surface area contributed by atoms with Gasteiger partial charge in [-0.3, -0.25) is 4.79 Å². The average molecular weight is 281 g/mol. The SMILES string of the molecule is C#CCNC(=O)[C@H](O)CCCCCCCCCCCC. The molecule has 0 bridgehead atoms. The van der Waals surface area contributed by atoms with Crippen molar-refractivity contribution in [1.29, 1.82) is 0 Å². The van der Waals surface area contributed by atoms with Gasteiger partial charge in [-0.25, -0.2) is 0 Å². The molecule has 0 saturated carbocycles. The van der Waals surface area contributed by atoms with Crippen LogP contribution in [0, 0.1) is 12.3 Å². The number of aliphatic hydroxyl groups excluding tert-OH is 1. The highest BCUT2D eigenvalue weighted by atomic mass is 16.3. The molecule has 0 aromatic heterocycles. The molecule has 3 heteroatoms. The van der Waals surface area contributed by atoms with Gasteiger partial charge in [0.05, 0.1) is 6.54 Å². The minimum Gasteiger partial charge on any atom is -0.383 e. The molecule has 116 valence electrons. The molecule has 1 atom stereocenters. The van der Waals surface area contributed by atoms with E-state index in [1.807, 2.05) is 0 Å². The number of amides is 1. The summed E-state index contributed by atoms with van der Waals surface area (Å²) in [6, 6.07) is 0. The summed E-state index contributed by atoms with van der Waals surface area (Å²) in [6.07, 6.45) is 17.2. The lowest BCUT2D eigenvalue weighted by atomic mass is 10.0. The minimum atomic E-state index is -0.905. The fourth-order valence-corrected chi connectivity index (χ4v) is 2.21. The third-order valence-corrected chi connectivity index (χ3v) is 3.50. The van der Waals surface area contributed by atoms with Crippen LogP contribution in [-0.4, -0.2) is 23.7 Å². The summed E-state index contributed by atoms with van der Waals surface area (Å²) in [5.41, 5.74) is 0. The predicted octanol–water partition coefficient (Wildman–Crippen LogP) is 3.41. The molecular weight excluding hydrogens is 250 g/mol. The number of unbranched alkanes of at least 4 members (excludes halogenated alkanes) is 9. The van der Waals surface area contributed by atoms with Gasteiger partial charge in [0.2, 0.25) is 5.91 Å². The van der Waals surface area contributed by atoms with Gasteiger partial charge in [-0.1, -0.05) is 77.1 Å². The molecule has 0 aliphatic heterocycles. The summed E-state index contributed by atoms with van der Waals surface area (Å²) in [5.74, 6) is 1.97. The Kier molecular flexibility index (Phi) is 13.7. The standard InChI is InChI=1S/C17H31NO2/c1-3-5-6-7-8-9-10-11-12-13-14-16(19)17(20)18-15-4-2/h2,16,19H,3,5-15H2,1H3,(H,18,20)/t16-/m1/s1. The molecule has 0 aromatic rings. The van der Waals surface area contributed by atoms with Crippen LogP contribution in [0.5, 0.6) is 0 Å². The van der Waals surface area contributed by atoms with Gasteiger partial charge in [0.25, 0.3) is 0 Å². The first-order valence-electron chi connectivity index (χ1n) is 8.11.